The number of hydrogen-bond acceptors (Lipinski definition) is 2. The van der Waals surface area contributed by atoms with Crippen molar-refractivity contribution in [3.05, 3.63) is 53.4 Å². The van der Waals surface area contributed by atoms with Crippen LogP contribution in [0.1, 0.15) is 15.9 Å². The molecule has 0 N–H and O–H groups in total. The largest absolute Gasteiger partial charge is 0.465 e. The summed E-state index contributed by atoms with van der Waals surface area (Å²) in [4.78, 5) is 14.7. The molecule has 15 heavy (non-hydrogen) atoms. The van der Waals surface area contributed by atoms with E-state index >= 15 is 0 Å². The molecule has 3 heteroatoms. The van der Waals surface area contributed by atoms with Crippen molar-refractivity contribution in [1.82, 2.24) is 0 Å². The molecule has 0 amide bonds. The molecule has 0 aliphatic rings. The van der Waals surface area contributed by atoms with Crippen molar-refractivity contribution >= 4 is 11.7 Å². The second kappa shape index (κ2) is 4.97. The summed E-state index contributed by atoms with van der Waals surface area (Å²) in [7, 11) is 1.34. The third-order valence-corrected chi connectivity index (χ3v) is 1.99. The number of ether oxygens (including phenoxy) is 1. The molecule has 0 radical (unpaired) electrons. The van der Waals surface area contributed by atoms with E-state index in [-0.39, 0.29) is 5.97 Å². The third-order valence-electron chi connectivity index (χ3n) is 1.99. The van der Waals surface area contributed by atoms with Crippen molar-refractivity contribution in [2.24, 2.45) is 0 Å². The van der Waals surface area contributed by atoms with Gasteiger partial charge in [0.05, 0.1) is 19.2 Å². The molecule has 0 bridgehead atoms. The first kappa shape index (κ1) is 11.0. The van der Waals surface area contributed by atoms with Gasteiger partial charge in [0.25, 0.3) is 0 Å². The molecule has 0 atom stereocenters. The van der Waals surface area contributed by atoms with Crippen LogP contribution in [-0.4, -0.2) is 13.1 Å². The maximum absolute atomic E-state index is 11.4. The normalized spacial score (nSPS) is 9.07. The average Bonchev–Trinajstić information content (AvgIpc) is 2.28. The highest BCUT2D eigenvalue weighted by atomic mass is 16.5. The van der Waals surface area contributed by atoms with Gasteiger partial charge in [-0.15, -0.1) is 6.58 Å². The molecule has 0 spiro atoms. The Bertz CT molecular complexity index is 430. The van der Waals surface area contributed by atoms with Crippen LogP contribution in [0.4, 0.5) is 5.69 Å². The van der Waals surface area contributed by atoms with Crippen molar-refractivity contribution in [2.45, 2.75) is 6.42 Å². The highest BCUT2D eigenvalue weighted by molar-refractivity contribution is 5.91. The van der Waals surface area contributed by atoms with E-state index in [0.717, 1.165) is 5.56 Å². The zero-order chi connectivity index (χ0) is 11.3. The van der Waals surface area contributed by atoms with E-state index in [9.17, 15) is 4.79 Å². The van der Waals surface area contributed by atoms with Gasteiger partial charge in [-0.1, -0.05) is 24.3 Å². The summed E-state index contributed by atoms with van der Waals surface area (Å²) >= 11 is 0. The van der Waals surface area contributed by atoms with Crippen LogP contribution >= 0.6 is 0 Å². The number of hydrogen-bond donors (Lipinski definition) is 0. The van der Waals surface area contributed by atoms with Crippen LogP contribution in [0.15, 0.2) is 30.9 Å². The fourth-order valence-corrected chi connectivity index (χ4v) is 1.28. The van der Waals surface area contributed by atoms with Crippen LogP contribution in [0.3, 0.4) is 0 Å². The number of methoxy groups -OCH3 is 1. The summed E-state index contributed by atoms with van der Waals surface area (Å²) in [6.45, 7) is 10.5. The van der Waals surface area contributed by atoms with Gasteiger partial charge < -0.3 is 4.74 Å². The summed E-state index contributed by atoms with van der Waals surface area (Å²) < 4.78 is 4.65. The van der Waals surface area contributed by atoms with E-state index in [1.165, 1.54) is 7.11 Å². The summed E-state index contributed by atoms with van der Waals surface area (Å²) in [6.07, 6.45) is 2.24. The average molecular weight is 201 g/mol. The van der Waals surface area contributed by atoms with E-state index in [1.54, 1.807) is 24.3 Å². The van der Waals surface area contributed by atoms with Crippen LogP contribution < -0.4 is 0 Å². The van der Waals surface area contributed by atoms with Gasteiger partial charge in [-0.25, -0.2) is 9.64 Å². The van der Waals surface area contributed by atoms with Crippen molar-refractivity contribution in [2.75, 3.05) is 7.11 Å². The quantitative estimate of drug-likeness (QED) is 0.427. The van der Waals surface area contributed by atoms with Crippen molar-refractivity contribution in [3.8, 4) is 0 Å². The van der Waals surface area contributed by atoms with E-state index in [0.29, 0.717) is 17.7 Å². The molecular formula is C12H11NO2. The number of allylic oxidation sites excluding steroid dienone is 1. The van der Waals surface area contributed by atoms with Gasteiger partial charge in [0.2, 0.25) is 0 Å². The molecule has 1 aromatic carbocycles. The molecule has 3 nitrogen and oxygen atoms in total. The minimum atomic E-state index is -0.386. The van der Waals surface area contributed by atoms with Crippen LogP contribution in [0.2, 0.25) is 0 Å². The zero-order valence-electron chi connectivity index (χ0n) is 8.49. The van der Waals surface area contributed by atoms with Gasteiger partial charge in [0.15, 0.2) is 5.69 Å². The standard InChI is InChI=1S/C12H11NO2/c1-4-5-9-8-10(13-2)6-7-11(9)12(14)15-3/h4,6-8H,1,5H2,3H3. The highest BCUT2D eigenvalue weighted by Crippen LogP contribution is 2.19. The Morgan fingerprint density at radius 3 is 2.93 bits per heavy atom. The fraction of sp³-hybridized carbons (Fsp3) is 0.167. The lowest BCUT2D eigenvalue weighted by molar-refractivity contribution is 0.0599. The molecular weight excluding hydrogens is 190 g/mol. The molecule has 0 aliphatic carbocycles. The number of carbonyl (C=O) groups is 1. The van der Waals surface area contributed by atoms with E-state index in [4.69, 9.17) is 6.57 Å². The monoisotopic (exact) mass is 201 g/mol. The van der Waals surface area contributed by atoms with Crippen molar-refractivity contribution in [1.29, 1.82) is 0 Å². The zero-order valence-corrected chi connectivity index (χ0v) is 8.49. The Morgan fingerprint density at radius 2 is 2.40 bits per heavy atom. The predicted octanol–water partition coefficient (Wildman–Crippen LogP) is 2.75. The Labute approximate surface area is 88.8 Å². The first-order valence-corrected chi connectivity index (χ1v) is 4.42. The molecule has 0 saturated carbocycles. The predicted molar refractivity (Wildman–Crippen MR) is 57.9 cm³/mol. The van der Waals surface area contributed by atoms with Crippen LogP contribution in [-0.2, 0) is 11.2 Å². The summed E-state index contributed by atoms with van der Waals surface area (Å²) in [5.74, 6) is -0.386. The first-order chi connectivity index (χ1) is 7.22. The molecule has 0 saturated heterocycles. The lowest BCUT2D eigenvalue weighted by atomic mass is 10.0. The number of esters is 1. The molecule has 0 fully saturated rings. The molecule has 0 aliphatic heterocycles. The third kappa shape index (κ3) is 2.44. The van der Waals surface area contributed by atoms with Crippen LogP contribution in [0.5, 0.6) is 0 Å². The minimum Gasteiger partial charge on any atom is -0.465 e. The molecule has 0 aromatic heterocycles. The SMILES string of the molecule is [C-]#[N+]c1ccc(C(=O)OC)c(CC=C)c1. The first-order valence-electron chi connectivity index (χ1n) is 4.42. The lowest BCUT2D eigenvalue weighted by Crippen LogP contribution is -2.04. The second-order valence-electron chi connectivity index (χ2n) is 2.94. The number of rotatable bonds is 3. The molecule has 0 unspecified atom stereocenters. The second-order valence-corrected chi connectivity index (χ2v) is 2.94. The Hall–Kier alpha value is -2.08. The molecule has 1 aromatic rings. The summed E-state index contributed by atoms with van der Waals surface area (Å²) in [6, 6.07) is 4.89. The van der Waals surface area contributed by atoms with Crippen LogP contribution in [0.25, 0.3) is 4.85 Å². The lowest BCUT2D eigenvalue weighted by Gasteiger charge is -2.06. The molecule has 76 valence electrons. The smallest absolute Gasteiger partial charge is 0.338 e. The number of benzene rings is 1. The molecule has 1 rings (SSSR count). The topological polar surface area (TPSA) is 30.7 Å². The van der Waals surface area contributed by atoms with Crippen molar-refractivity contribution in [3.63, 3.8) is 0 Å². The molecule has 0 heterocycles. The fourth-order valence-electron chi connectivity index (χ4n) is 1.28. The Kier molecular flexibility index (Phi) is 3.64. The Morgan fingerprint density at radius 1 is 1.67 bits per heavy atom. The van der Waals surface area contributed by atoms with Gasteiger partial charge in [-0.2, -0.15) is 0 Å². The van der Waals surface area contributed by atoms with Gasteiger partial charge in [0.1, 0.15) is 0 Å². The van der Waals surface area contributed by atoms with Crippen molar-refractivity contribution < 1.29 is 9.53 Å². The van der Waals surface area contributed by atoms with E-state index in [1.807, 2.05) is 0 Å². The maximum Gasteiger partial charge on any atom is 0.338 e. The Balaban J connectivity index is 3.21. The van der Waals surface area contributed by atoms with Gasteiger partial charge in [-0.3, -0.25) is 0 Å². The van der Waals surface area contributed by atoms with E-state index < -0.39 is 0 Å². The number of carbonyl (C=O) groups excluding carboxylic acids is 1. The maximum atomic E-state index is 11.4. The number of nitrogens with zero attached hydrogens (tertiary/aromatic N) is 1. The van der Waals surface area contributed by atoms with Gasteiger partial charge in [-0.05, 0) is 12.0 Å². The minimum absolute atomic E-state index is 0.386. The summed E-state index contributed by atoms with van der Waals surface area (Å²) in [5.41, 5.74) is 1.77. The van der Waals surface area contributed by atoms with E-state index in [2.05, 4.69) is 16.2 Å². The highest BCUT2D eigenvalue weighted by Gasteiger charge is 2.10. The van der Waals surface area contributed by atoms with Gasteiger partial charge in [0, 0.05) is 0 Å². The van der Waals surface area contributed by atoms with Gasteiger partial charge >= 0.3 is 5.97 Å². The van der Waals surface area contributed by atoms with Crippen LogP contribution in [0, 0.1) is 6.57 Å². The summed E-state index contributed by atoms with van der Waals surface area (Å²) in [5, 5.41) is 0.